The minimum Gasteiger partial charge on any atom is -0.484 e. The van der Waals surface area contributed by atoms with Gasteiger partial charge in [-0.15, -0.1) is 0 Å². The van der Waals surface area contributed by atoms with E-state index in [1.807, 2.05) is 54.2 Å². The third-order valence-electron chi connectivity index (χ3n) is 4.47. The molecule has 0 saturated heterocycles. The highest BCUT2D eigenvalue weighted by Gasteiger charge is 2.19. The summed E-state index contributed by atoms with van der Waals surface area (Å²) >= 11 is 0. The van der Waals surface area contributed by atoms with Gasteiger partial charge in [-0.1, -0.05) is 0 Å². The molecule has 2 unspecified atom stereocenters. The highest BCUT2D eigenvalue weighted by Crippen LogP contribution is 2.28. The molecule has 0 aliphatic heterocycles. The molecule has 3 aromatic heterocycles. The lowest BCUT2D eigenvalue weighted by molar-refractivity contribution is 0.180. The van der Waals surface area contributed by atoms with Crippen LogP contribution in [0.1, 0.15) is 18.6 Å². The van der Waals surface area contributed by atoms with Crippen LogP contribution in [0.25, 0.3) is 16.6 Å². The SMILES string of the molecule is COc1ccc(C(Oc2ccc3c(cnn3-c3cccnc3)c2)C(C)N)cn1. The highest BCUT2D eigenvalue weighted by molar-refractivity contribution is 5.81. The first-order chi connectivity index (χ1) is 13.7. The Balaban J connectivity index is 1.62. The lowest BCUT2D eigenvalue weighted by Gasteiger charge is -2.23. The Kier molecular flexibility index (Phi) is 4.90. The van der Waals surface area contributed by atoms with E-state index in [-0.39, 0.29) is 12.1 Å². The minimum atomic E-state index is -0.329. The number of pyridine rings is 2. The molecule has 4 aromatic rings. The fourth-order valence-electron chi connectivity index (χ4n) is 3.08. The van der Waals surface area contributed by atoms with Crippen LogP contribution in [-0.4, -0.2) is 32.9 Å². The van der Waals surface area contributed by atoms with Gasteiger partial charge in [0.05, 0.1) is 30.7 Å². The van der Waals surface area contributed by atoms with Crippen molar-refractivity contribution in [2.24, 2.45) is 5.73 Å². The number of ether oxygens (including phenoxy) is 2. The molecular weight excluding hydrogens is 354 g/mol. The number of hydrogen-bond donors (Lipinski definition) is 1. The number of nitrogens with two attached hydrogens (primary N) is 1. The Hall–Kier alpha value is -3.45. The monoisotopic (exact) mass is 375 g/mol. The molecule has 0 radical (unpaired) electrons. The molecule has 7 heteroatoms. The van der Waals surface area contributed by atoms with Gasteiger partial charge in [-0.25, -0.2) is 9.67 Å². The average Bonchev–Trinajstić information content (AvgIpc) is 3.16. The Bertz CT molecular complexity index is 1060. The Labute approximate surface area is 162 Å². The summed E-state index contributed by atoms with van der Waals surface area (Å²) in [7, 11) is 1.59. The van der Waals surface area contributed by atoms with E-state index in [1.165, 1.54) is 0 Å². The quantitative estimate of drug-likeness (QED) is 0.556. The van der Waals surface area contributed by atoms with Crippen molar-refractivity contribution in [1.29, 1.82) is 0 Å². The lowest BCUT2D eigenvalue weighted by Crippen LogP contribution is -2.29. The van der Waals surface area contributed by atoms with Gasteiger partial charge < -0.3 is 15.2 Å². The van der Waals surface area contributed by atoms with Crippen molar-refractivity contribution in [2.75, 3.05) is 7.11 Å². The van der Waals surface area contributed by atoms with Crippen molar-refractivity contribution in [2.45, 2.75) is 19.1 Å². The molecule has 0 amide bonds. The van der Waals surface area contributed by atoms with Crippen molar-refractivity contribution in [3.63, 3.8) is 0 Å². The average molecular weight is 375 g/mol. The van der Waals surface area contributed by atoms with Crippen molar-refractivity contribution in [1.82, 2.24) is 19.7 Å². The van der Waals surface area contributed by atoms with Crippen LogP contribution in [0.5, 0.6) is 11.6 Å². The largest absolute Gasteiger partial charge is 0.484 e. The smallest absolute Gasteiger partial charge is 0.212 e. The number of aromatic nitrogens is 4. The second kappa shape index (κ2) is 7.66. The number of nitrogens with zero attached hydrogens (tertiary/aromatic N) is 4. The van der Waals surface area contributed by atoms with Crippen LogP contribution in [0.4, 0.5) is 0 Å². The van der Waals surface area contributed by atoms with Crippen LogP contribution in [0.2, 0.25) is 0 Å². The molecule has 0 aliphatic carbocycles. The van der Waals surface area contributed by atoms with Crippen LogP contribution < -0.4 is 15.2 Å². The van der Waals surface area contributed by atoms with Crippen LogP contribution in [0, 0.1) is 0 Å². The number of benzene rings is 1. The second-order valence-corrected chi connectivity index (χ2v) is 6.52. The zero-order valence-corrected chi connectivity index (χ0v) is 15.7. The van der Waals surface area contributed by atoms with Gasteiger partial charge in [0, 0.05) is 35.5 Å². The maximum Gasteiger partial charge on any atom is 0.212 e. The van der Waals surface area contributed by atoms with Gasteiger partial charge in [-0.3, -0.25) is 4.98 Å². The maximum absolute atomic E-state index is 6.20. The number of methoxy groups -OCH3 is 1. The first-order valence-corrected chi connectivity index (χ1v) is 8.96. The summed E-state index contributed by atoms with van der Waals surface area (Å²) in [5.74, 6) is 1.27. The molecule has 28 heavy (non-hydrogen) atoms. The first kappa shape index (κ1) is 17.9. The number of fused-ring (bicyclic) bond motifs is 1. The van der Waals surface area contributed by atoms with E-state index >= 15 is 0 Å². The van der Waals surface area contributed by atoms with E-state index in [2.05, 4.69) is 15.1 Å². The summed E-state index contributed by atoms with van der Waals surface area (Å²) in [6.45, 7) is 1.91. The van der Waals surface area contributed by atoms with Gasteiger partial charge in [0.1, 0.15) is 11.9 Å². The summed E-state index contributed by atoms with van der Waals surface area (Å²) in [5.41, 5.74) is 8.95. The molecule has 2 atom stereocenters. The predicted molar refractivity (Wildman–Crippen MR) is 107 cm³/mol. The Morgan fingerprint density at radius 3 is 2.64 bits per heavy atom. The molecule has 0 aliphatic rings. The lowest BCUT2D eigenvalue weighted by atomic mass is 10.1. The molecule has 142 valence electrons. The van der Waals surface area contributed by atoms with Crippen LogP contribution >= 0.6 is 0 Å². The van der Waals surface area contributed by atoms with Crippen molar-refractivity contribution < 1.29 is 9.47 Å². The summed E-state index contributed by atoms with van der Waals surface area (Å²) in [4.78, 5) is 8.41. The van der Waals surface area contributed by atoms with Crippen molar-refractivity contribution in [3.05, 3.63) is 72.8 Å². The molecular formula is C21H21N5O2. The third kappa shape index (κ3) is 3.52. The molecule has 0 spiro atoms. The van der Waals surface area contributed by atoms with Crippen molar-refractivity contribution >= 4 is 10.9 Å². The third-order valence-corrected chi connectivity index (χ3v) is 4.47. The van der Waals surface area contributed by atoms with Gasteiger partial charge in [-0.05, 0) is 43.3 Å². The van der Waals surface area contributed by atoms with Gasteiger partial charge in [0.25, 0.3) is 0 Å². The maximum atomic E-state index is 6.20. The van der Waals surface area contributed by atoms with E-state index in [0.717, 1.165) is 27.9 Å². The van der Waals surface area contributed by atoms with Gasteiger partial charge in [0.15, 0.2) is 0 Å². The standard InChI is InChI=1S/C21H21N5O2/c1-14(22)21(15-5-8-20(27-2)24-11-15)28-18-6-7-19-16(10-18)12-25-26(19)17-4-3-9-23-13-17/h3-14,21H,22H2,1-2H3. The van der Waals surface area contributed by atoms with Crippen molar-refractivity contribution in [3.8, 4) is 17.3 Å². The van der Waals surface area contributed by atoms with E-state index < -0.39 is 0 Å². The Morgan fingerprint density at radius 1 is 1.07 bits per heavy atom. The predicted octanol–water partition coefficient (Wildman–Crippen LogP) is 3.29. The summed E-state index contributed by atoms with van der Waals surface area (Å²) in [6, 6.07) is 13.2. The first-order valence-electron chi connectivity index (χ1n) is 8.96. The Morgan fingerprint density at radius 2 is 1.96 bits per heavy atom. The second-order valence-electron chi connectivity index (χ2n) is 6.52. The van der Waals surface area contributed by atoms with E-state index in [9.17, 15) is 0 Å². The van der Waals surface area contributed by atoms with E-state index in [0.29, 0.717) is 5.88 Å². The molecule has 0 fully saturated rings. The topological polar surface area (TPSA) is 88.1 Å². The summed E-state index contributed by atoms with van der Waals surface area (Å²) in [6.07, 6.45) is 6.73. The number of rotatable bonds is 6. The van der Waals surface area contributed by atoms with E-state index in [1.54, 1.807) is 31.8 Å². The zero-order chi connectivity index (χ0) is 19.5. The van der Waals surface area contributed by atoms with Gasteiger partial charge >= 0.3 is 0 Å². The van der Waals surface area contributed by atoms with Gasteiger partial charge in [-0.2, -0.15) is 5.10 Å². The highest BCUT2D eigenvalue weighted by atomic mass is 16.5. The normalized spacial score (nSPS) is 13.2. The molecule has 1 aromatic carbocycles. The molecule has 4 rings (SSSR count). The molecule has 7 nitrogen and oxygen atoms in total. The molecule has 0 bridgehead atoms. The van der Waals surface area contributed by atoms with Crippen LogP contribution in [-0.2, 0) is 0 Å². The minimum absolute atomic E-state index is 0.219. The molecule has 2 N–H and O–H groups in total. The van der Waals surface area contributed by atoms with Gasteiger partial charge in [0.2, 0.25) is 5.88 Å². The summed E-state index contributed by atoms with van der Waals surface area (Å²) < 4.78 is 13.2. The molecule has 0 saturated carbocycles. The zero-order valence-electron chi connectivity index (χ0n) is 15.7. The van der Waals surface area contributed by atoms with E-state index in [4.69, 9.17) is 15.2 Å². The fraction of sp³-hybridized carbons (Fsp3) is 0.190. The molecule has 3 heterocycles. The fourth-order valence-corrected chi connectivity index (χ4v) is 3.08. The van der Waals surface area contributed by atoms with Crippen LogP contribution in [0.15, 0.2) is 67.3 Å². The number of hydrogen-bond acceptors (Lipinski definition) is 6. The van der Waals surface area contributed by atoms with Crippen LogP contribution in [0.3, 0.4) is 0 Å². The summed E-state index contributed by atoms with van der Waals surface area (Å²) in [5, 5.41) is 5.44.